The molecule has 4 nitrogen and oxygen atoms in total. The SMILES string of the molecule is CCn1c2c(c3cccc(C(=O)NCCCN)c31)CCCC2. The zero-order valence-electron chi connectivity index (χ0n) is 13.3. The third-order valence-electron chi connectivity index (χ3n) is 4.62. The summed E-state index contributed by atoms with van der Waals surface area (Å²) < 4.78 is 2.35. The van der Waals surface area contributed by atoms with Crippen molar-refractivity contribution in [2.45, 2.75) is 45.6 Å². The number of nitrogens with two attached hydrogens (primary N) is 1. The van der Waals surface area contributed by atoms with Gasteiger partial charge in [-0.3, -0.25) is 4.79 Å². The van der Waals surface area contributed by atoms with Crippen LogP contribution in [0.3, 0.4) is 0 Å². The van der Waals surface area contributed by atoms with Crippen LogP contribution in [-0.4, -0.2) is 23.6 Å². The molecule has 0 unspecified atom stereocenters. The van der Waals surface area contributed by atoms with E-state index in [1.54, 1.807) is 0 Å². The number of fused-ring (bicyclic) bond motifs is 3. The smallest absolute Gasteiger partial charge is 0.253 e. The molecule has 1 aliphatic carbocycles. The monoisotopic (exact) mass is 299 g/mol. The zero-order valence-corrected chi connectivity index (χ0v) is 13.3. The molecule has 0 atom stereocenters. The largest absolute Gasteiger partial charge is 0.352 e. The highest BCUT2D eigenvalue weighted by atomic mass is 16.1. The Morgan fingerprint density at radius 3 is 2.91 bits per heavy atom. The zero-order chi connectivity index (χ0) is 15.5. The summed E-state index contributed by atoms with van der Waals surface area (Å²) in [6.07, 6.45) is 5.58. The lowest BCUT2D eigenvalue weighted by Crippen LogP contribution is -2.26. The number of aromatic nitrogens is 1. The van der Waals surface area contributed by atoms with Gasteiger partial charge >= 0.3 is 0 Å². The Kier molecular flexibility index (Phi) is 4.48. The molecule has 3 N–H and O–H groups in total. The van der Waals surface area contributed by atoms with Crippen LogP contribution in [0.15, 0.2) is 18.2 Å². The number of para-hydroxylation sites is 1. The van der Waals surface area contributed by atoms with Crippen molar-refractivity contribution in [3.05, 3.63) is 35.0 Å². The molecule has 0 radical (unpaired) electrons. The number of amides is 1. The van der Waals surface area contributed by atoms with E-state index >= 15 is 0 Å². The predicted molar refractivity (Wildman–Crippen MR) is 90.3 cm³/mol. The van der Waals surface area contributed by atoms with Gasteiger partial charge in [0.2, 0.25) is 0 Å². The molecule has 1 amide bonds. The first-order valence-electron chi connectivity index (χ1n) is 8.39. The summed E-state index contributed by atoms with van der Waals surface area (Å²) in [5, 5.41) is 4.26. The molecule has 118 valence electrons. The maximum absolute atomic E-state index is 12.5. The summed E-state index contributed by atoms with van der Waals surface area (Å²) in [7, 11) is 0. The summed E-state index contributed by atoms with van der Waals surface area (Å²) in [6.45, 7) is 4.32. The van der Waals surface area contributed by atoms with E-state index in [9.17, 15) is 4.79 Å². The maximum Gasteiger partial charge on any atom is 0.253 e. The number of aryl methyl sites for hydroxylation is 2. The van der Waals surface area contributed by atoms with Crippen LogP contribution in [-0.2, 0) is 19.4 Å². The lowest BCUT2D eigenvalue weighted by molar-refractivity contribution is 0.0955. The minimum atomic E-state index is 0.0172. The number of nitrogens with zero attached hydrogens (tertiary/aromatic N) is 1. The molecule has 1 aromatic carbocycles. The molecular formula is C18H25N3O. The number of carbonyl (C=O) groups excluding carboxylic acids is 1. The molecule has 1 aliphatic rings. The van der Waals surface area contributed by atoms with Gasteiger partial charge in [-0.15, -0.1) is 0 Å². The van der Waals surface area contributed by atoms with Crippen molar-refractivity contribution in [2.75, 3.05) is 13.1 Å². The van der Waals surface area contributed by atoms with Crippen LogP contribution in [0.1, 0.15) is 47.8 Å². The van der Waals surface area contributed by atoms with E-state index in [0.717, 1.165) is 36.9 Å². The maximum atomic E-state index is 12.5. The van der Waals surface area contributed by atoms with Crippen molar-refractivity contribution in [1.82, 2.24) is 9.88 Å². The van der Waals surface area contributed by atoms with Crippen LogP contribution in [0.25, 0.3) is 10.9 Å². The van der Waals surface area contributed by atoms with Gasteiger partial charge in [0.25, 0.3) is 5.91 Å². The highest BCUT2D eigenvalue weighted by Crippen LogP contribution is 2.33. The first-order valence-corrected chi connectivity index (χ1v) is 8.39. The first kappa shape index (κ1) is 15.1. The quantitative estimate of drug-likeness (QED) is 0.834. The average Bonchev–Trinajstić information content (AvgIpc) is 2.88. The highest BCUT2D eigenvalue weighted by molar-refractivity contribution is 6.07. The fourth-order valence-corrected chi connectivity index (χ4v) is 3.62. The van der Waals surface area contributed by atoms with Crippen LogP contribution in [0, 0.1) is 0 Å². The first-order chi connectivity index (χ1) is 10.8. The van der Waals surface area contributed by atoms with E-state index in [2.05, 4.69) is 22.9 Å². The van der Waals surface area contributed by atoms with Gasteiger partial charge in [-0.1, -0.05) is 12.1 Å². The minimum absolute atomic E-state index is 0.0172. The molecule has 2 aromatic rings. The van der Waals surface area contributed by atoms with Crippen LogP contribution in [0.5, 0.6) is 0 Å². The van der Waals surface area contributed by atoms with E-state index in [1.807, 2.05) is 12.1 Å². The molecule has 1 heterocycles. The Hall–Kier alpha value is -1.81. The average molecular weight is 299 g/mol. The number of hydrogen-bond acceptors (Lipinski definition) is 2. The second-order valence-electron chi connectivity index (χ2n) is 5.98. The van der Waals surface area contributed by atoms with Crippen molar-refractivity contribution in [2.24, 2.45) is 5.73 Å². The summed E-state index contributed by atoms with van der Waals surface area (Å²) in [5.41, 5.74) is 10.3. The van der Waals surface area contributed by atoms with Crippen LogP contribution in [0.4, 0.5) is 0 Å². The third-order valence-corrected chi connectivity index (χ3v) is 4.62. The van der Waals surface area contributed by atoms with Crippen LogP contribution < -0.4 is 11.1 Å². The lowest BCUT2D eigenvalue weighted by atomic mass is 9.95. The van der Waals surface area contributed by atoms with E-state index in [0.29, 0.717) is 13.1 Å². The van der Waals surface area contributed by atoms with Gasteiger partial charge in [-0.25, -0.2) is 0 Å². The summed E-state index contributed by atoms with van der Waals surface area (Å²) in [4.78, 5) is 12.5. The van der Waals surface area contributed by atoms with Gasteiger partial charge < -0.3 is 15.6 Å². The molecule has 0 bridgehead atoms. The van der Waals surface area contributed by atoms with Gasteiger partial charge in [-0.05, 0) is 57.2 Å². The highest BCUT2D eigenvalue weighted by Gasteiger charge is 2.22. The van der Waals surface area contributed by atoms with E-state index in [4.69, 9.17) is 5.73 Å². The molecule has 1 aromatic heterocycles. The Labute approximate surface area is 131 Å². The van der Waals surface area contributed by atoms with Crippen molar-refractivity contribution in [1.29, 1.82) is 0 Å². The van der Waals surface area contributed by atoms with E-state index in [1.165, 1.54) is 29.5 Å². The summed E-state index contributed by atoms with van der Waals surface area (Å²) in [5.74, 6) is 0.0172. The molecule has 22 heavy (non-hydrogen) atoms. The summed E-state index contributed by atoms with van der Waals surface area (Å²) in [6, 6.07) is 6.12. The van der Waals surface area contributed by atoms with Gasteiger partial charge in [-0.2, -0.15) is 0 Å². The molecule has 4 heteroatoms. The van der Waals surface area contributed by atoms with Crippen LogP contribution in [0.2, 0.25) is 0 Å². The Bertz CT molecular complexity index is 687. The molecule has 0 fully saturated rings. The summed E-state index contributed by atoms with van der Waals surface area (Å²) >= 11 is 0. The minimum Gasteiger partial charge on any atom is -0.352 e. The van der Waals surface area contributed by atoms with E-state index < -0.39 is 0 Å². The van der Waals surface area contributed by atoms with Crippen LogP contribution >= 0.6 is 0 Å². The van der Waals surface area contributed by atoms with Crippen molar-refractivity contribution in [3.8, 4) is 0 Å². The standard InChI is InChI=1S/C18H25N3O/c1-2-21-16-10-4-3-7-13(16)14-8-5-9-15(17(14)21)18(22)20-12-6-11-19/h5,8-9H,2-4,6-7,10-12,19H2,1H3,(H,20,22). The van der Waals surface area contributed by atoms with Crippen molar-refractivity contribution >= 4 is 16.8 Å². The van der Waals surface area contributed by atoms with Crippen molar-refractivity contribution in [3.63, 3.8) is 0 Å². The van der Waals surface area contributed by atoms with Gasteiger partial charge in [0.1, 0.15) is 0 Å². The number of carbonyl (C=O) groups is 1. The molecule has 0 saturated heterocycles. The fourth-order valence-electron chi connectivity index (χ4n) is 3.62. The van der Waals surface area contributed by atoms with Gasteiger partial charge in [0, 0.05) is 24.2 Å². The number of rotatable bonds is 5. The second-order valence-corrected chi connectivity index (χ2v) is 5.98. The number of benzene rings is 1. The van der Waals surface area contributed by atoms with Gasteiger partial charge in [0.05, 0.1) is 11.1 Å². The predicted octanol–water partition coefficient (Wildman–Crippen LogP) is 2.62. The molecule has 3 rings (SSSR count). The lowest BCUT2D eigenvalue weighted by Gasteiger charge is -2.15. The van der Waals surface area contributed by atoms with Gasteiger partial charge in [0.15, 0.2) is 0 Å². The van der Waals surface area contributed by atoms with E-state index in [-0.39, 0.29) is 5.91 Å². The molecule has 0 saturated carbocycles. The van der Waals surface area contributed by atoms with Crippen molar-refractivity contribution < 1.29 is 4.79 Å². The second kappa shape index (κ2) is 6.53. The fraction of sp³-hybridized carbons (Fsp3) is 0.500. The third kappa shape index (κ3) is 2.52. The molecule has 0 aliphatic heterocycles. The number of nitrogens with one attached hydrogen (secondary N) is 1. The normalized spacial score (nSPS) is 14.1. The Morgan fingerprint density at radius 2 is 2.14 bits per heavy atom. The molecular weight excluding hydrogens is 274 g/mol. The Morgan fingerprint density at radius 1 is 1.32 bits per heavy atom. The Balaban J connectivity index is 2.07. The number of hydrogen-bond donors (Lipinski definition) is 2. The molecule has 0 spiro atoms. The topological polar surface area (TPSA) is 60.0 Å².